The van der Waals surface area contributed by atoms with E-state index in [2.05, 4.69) is 6.58 Å². The summed E-state index contributed by atoms with van der Waals surface area (Å²) < 4.78 is 5.53. The molecule has 2 saturated carbocycles. The van der Waals surface area contributed by atoms with Gasteiger partial charge in [0.2, 0.25) is 0 Å². The van der Waals surface area contributed by atoms with E-state index in [0.29, 0.717) is 12.8 Å². The molecule has 0 aromatic carbocycles. The molecule has 0 bridgehead atoms. The van der Waals surface area contributed by atoms with E-state index in [4.69, 9.17) is 4.74 Å². The van der Waals surface area contributed by atoms with Crippen LogP contribution in [0.4, 0.5) is 0 Å². The lowest BCUT2D eigenvalue weighted by Crippen LogP contribution is -2.57. The van der Waals surface area contributed by atoms with Crippen molar-refractivity contribution in [1.29, 1.82) is 0 Å². The Morgan fingerprint density at radius 3 is 2.79 bits per heavy atom. The molecule has 7 unspecified atom stereocenters. The Morgan fingerprint density at radius 2 is 2.11 bits per heavy atom. The van der Waals surface area contributed by atoms with Crippen molar-refractivity contribution in [2.24, 2.45) is 23.2 Å². The van der Waals surface area contributed by atoms with Gasteiger partial charge >= 0.3 is 5.97 Å². The third-order valence-electron chi connectivity index (χ3n) is 5.65. The summed E-state index contributed by atoms with van der Waals surface area (Å²) in [7, 11) is 0. The van der Waals surface area contributed by atoms with Gasteiger partial charge in [0, 0.05) is 17.3 Å². The third-order valence-corrected chi connectivity index (χ3v) is 5.65. The summed E-state index contributed by atoms with van der Waals surface area (Å²) in [6, 6.07) is 0. The van der Waals surface area contributed by atoms with Crippen LogP contribution in [0.5, 0.6) is 0 Å². The number of esters is 1. The second-order valence-electron chi connectivity index (χ2n) is 6.74. The summed E-state index contributed by atoms with van der Waals surface area (Å²) in [4.78, 5) is 11.8. The molecule has 19 heavy (non-hydrogen) atoms. The Labute approximate surface area is 113 Å². The van der Waals surface area contributed by atoms with Gasteiger partial charge in [-0.25, -0.2) is 0 Å². The SMILES string of the molecule is C=C1CCC(O)C2(C)CC(O)C3C(C)C(=O)OC3C12. The van der Waals surface area contributed by atoms with Crippen LogP contribution in [0.25, 0.3) is 0 Å². The zero-order valence-corrected chi connectivity index (χ0v) is 11.5. The van der Waals surface area contributed by atoms with Gasteiger partial charge in [0.15, 0.2) is 0 Å². The molecule has 1 aliphatic heterocycles. The molecule has 1 saturated heterocycles. The van der Waals surface area contributed by atoms with Gasteiger partial charge in [-0.1, -0.05) is 26.0 Å². The zero-order chi connectivity index (χ0) is 13.9. The first-order valence-corrected chi connectivity index (χ1v) is 7.10. The van der Waals surface area contributed by atoms with E-state index in [1.54, 1.807) is 0 Å². The fourth-order valence-corrected chi connectivity index (χ4v) is 4.54. The van der Waals surface area contributed by atoms with Crippen LogP contribution in [-0.2, 0) is 9.53 Å². The number of carbonyl (C=O) groups is 1. The van der Waals surface area contributed by atoms with Crippen LogP contribution in [-0.4, -0.2) is 34.5 Å². The van der Waals surface area contributed by atoms with Crippen LogP contribution in [0.1, 0.15) is 33.1 Å². The largest absolute Gasteiger partial charge is 0.461 e. The van der Waals surface area contributed by atoms with Crippen molar-refractivity contribution in [3.8, 4) is 0 Å². The van der Waals surface area contributed by atoms with Crippen molar-refractivity contribution < 1.29 is 19.7 Å². The second kappa shape index (κ2) is 4.06. The molecular formula is C15H22O4. The van der Waals surface area contributed by atoms with Crippen LogP contribution in [0.3, 0.4) is 0 Å². The minimum atomic E-state index is -0.590. The molecule has 2 aliphatic carbocycles. The predicted molar refractivity (Wildman–Crippen MR) is 69.1 cm³/mol. The summed E-state index contributed by atoms with van der Waals surface area (Å²) in [6.45, 7) is 7.94. The molecule has 0 spiro atoms. The maximum absolute atomic E-state index is 11.8. The van der Waals surface area contributed by atoms with E-state index >= 15 is 0 Å². The Morgan fingerprint density at radius 1 is 1.42 bits per heavy atom. The Bertz CT molecular complexity index is 432. The summed E-state index contributed by atoms with van der Waals surface area (Å²) in [5.41, 5.74) is 0.622. The Kier molecular flexibility index (Phi) is 2.81. The van der Waals surface area contributed by atoms with Gasteiger partial charge in [0.1, 0.15) is 6.10 Å². The van der Waals surface area contributed by atoms with E-state index in [-0.39, 0.29) is 29.8 Å². The van der Waals surface area contributed by atoms with Crippen LogP contribution in [0.2, 0.25) is 0 Å². The van der Waals surface area contributed by atoms with Crippen molar-refractivity contribution in [3.05, 3.63) is 12.2 Å². The fourth-order valence-electron chi connectivity index (χ4n) is 4.54. The van der Waals surface area contributed by atoms with Crippen molar-refractivity contribution in [3.63, 3.8) is 0 Å². The normalized spacial score (nSPS) is 53.5. The number of aliphatic hydroxyl groups is 2. The minimum absolute atomic E-state index is 0.0291. The molecule has 3 fully saturated rings. The molecule has 3 rings (SSSR count). The van der Waals surface area contributed by atoms with Crippen molar-refractivity contribution in [1.82, 2.24) is 0 Å². The van der Waals surface area contributed by atoms with Gasteiger partial charge in [0.05, 0.1) is 18.1 Å². The maximum Gasteiger partial charge on any atom is 0.309 e. The average molecular weight is 266 g/mol. The number of hydrogen-bond donors (Lipinski definition) is 2. The van der Waals surface area contributed by atoms with Crippen LogP contribution >= 0.6 is 0 Å². The van der Waals surface area contributed by atoms with Crippen molar-refractivity contribution in [2.45, 2.75) is 51.4 Å². The number of carbonyl (C=O) groups excluding carboxylic acids is 1. The molecule has 106 valence electrons. The highest BCUT2D eigenvalue weighted by Gasteiger charge is 2.61. The lowest BCUT2D eigenvalue weighted by atomic mass is 9.53. The lowest BCUT2D eigenvalue weighted by Gasteiger charge is -2.54. The molecule has 1 heterocycles. The predicted octanol–water partition coefficient (Wildman–Crippen LogP) is 1.26. The molecule has 0 aromatic heterocycles. The minimum Gasteiger partial charge on any atom is -0.461 e. The first-order valence-electron chi connectivity index (χ1n) is 7.10. The third kappa shape index (κ3) is 1.62. The topological polar surface area (TPSA) is 66.8 Å². The van der Waals surface area contributed by atoms with Gasteiger partial charge in [-0.3, -0.25) is 4.79 Å². The highest BCUT2D eigenvalue weighted by Crippen LogP contribution is 2.57. The number of hydrogen-bond acceptors (Lipinski definition) is 4. The van der Waals surface area contributed by atoms with Gasteiger partial charge in [-0.05, 0) is 19.3 Å². The Hall–Kier alpha value is -0.870. The van der Waals surface area contributed by atoms with E-state index in [0.717, 1.165) is 12.0 Å². The van der Waals surface area contributed by atoms with E-state index in [1.165, 1.54) is 0 Å². The fraction of sp³-hybridized carbons (Fsp3) is 0.800. The molecule has 4 nitrogen and oxygen atoms in total. The Balaban J connectivity index is 2.02. The standard InChI is InChI=1S/C15H22O4/c1-7-4-5-10(17)15(3)6-9(16)11-8(2)14(18)19-13(11)12(7)15/h8-13,16-17H,1,4-6H2,2-3H3. The van der Waals surface area contributed by atoms with Gasteiger partial charge in [0.25, 0.3) is 0 Å². The van der Waals surface area contributed by atoms with Crippen molar-refractivity contribution in [2.75, 3.05) is 0 Å². The van der Waals surface area contributed by atoms with E-state index < -0.39 is 17.6 Å². The molecule has 3 aliphatic rings. The lowest BCUT2D eigenvalue weighted by molar-refractivity contribution is -0.161. The summed E-state index contributed by atoms with van der Waals surface area (Å²) in [5.74, 6) is -0.686. The van der Waals surface area contributed by atoms with Gasteiger partial charge in [-0.15, -0.1) is 0 Å². The van der Waals surface area contributed by atoms with Crippen LogP contribution < -0.4 is 0 Å². The maximum atomic E-state index is 11.8. The van der Waals surface area contributed by atoms with Gasteiger partial charge in [-0.2, -0.15) is 0 Å². The van der Waals surface area contributed by atoms with Gasteiger partial charge < -0.3 is 14.9 Å². The molecule has 0 amide bonds. The number of aliphatic hydroxyl groups excluding tert-OH is 2. The quantitative estimate of drug-likeness (QED) is 0.512. The first-order chi connectivity index (χ1) is 8.86. The van der Waals surface area contributed by atoms with Crippen LogP contribution in [0.15, 0.2) is 12.2 Å². The highest BCUT2D eigenvalue weighted by molar-refractivity contribution is 5.75. The molecule has 0 aromatic rings. The monoisotopic (exact) mass is 266 g/mol. The molecular weight excluding hydrogens is 244 g/mol. The molecule has 7 atom stereocenters. The van der Waals surface area contributed by atoms with Crippen LogP contribution in [0, 0.1) is 23.2 Å². The van der Waals surface area contributed by atoms with Crippen molar-refractivity contribution >= 4 is 5.97 Å². The number of ether oxygens (including phenoxy) is 1. The molecule has 4 heteroatoms. The summed E-state index contributed by atoms with van der Waals surface area (Å²) in [5, 5.41) is 20.8. The average Bonchev–Trinajstić information content (AvgIpc) is 2.61. The number of rotatable bonds is 0. The summed E-state index contributed by atoms with van der Waals surface area (Å²) >= 11 is 0. The zero-order valence-electron chi connectivity index (χ0n) is 11.5. The first kappa shape index (κ1) is 13.1. The smallest absolute Gasteiger partial charge is 0.309 e. The summed E-state index contributed by atoms with van der Waals surface area (Å²) in [6.07, 6.45) is 0.590. The molecule has 0 radical (unpaired) electrons. The van der Waals surface area contributed by atoms with E-state index in [1.807, 2.05) is 13.8 Å². The molecule has 2 N–H and O–H groups in total. The second-order valence-corrected chi connectivity index (χ2v) is 6.74. The highest BCUT2D eigenvalue weighted by atomic mass is 16.6. The number of fused-ring (bicyclic) bond motifs is 3. The van der Waals surface area contributed by atoms with E-state index in [9.17, 15) is 15.0 Å².